The molecule has 3 amide bonds. The molecule has 0 radical (unpaired) electrons. The van der Waals surface area contributed by atoms with Crippen LogP contribution in [0.5, 0.6) is 0 Å². The van der Waals surface area contributed by atoms with E-state index in [4.69, 9.17) is 4.74 Å². The quantitative estimate of drug-likeness (QED) is 0.423. The Morgan fingerprint density at radius 2 is 1.56 bits per heavy atom. The zero-order chi connectivity index (χ0) is 25.3. The molecule has 0 unspecified atom stereocenters. The van der Waals surface area contributed by atoms with Gasteiger partial charge in [0.15, 0.2) is 5.13 Å². The van der Waals surface area contributed by atoms with E-state index < -0.39 is 0 Å². The number of hydrogen-bond acceptors (Lipinski definition) is 6. The molecule has 4 rings (SSSR count). The molecule has 2 aliphatic carbocycles. The average molecular weight is 513 g/mol. The number of aromatic nitrogens is 1. The van der Waals surface area contributed by atoms with Crippen LogP contribution in [0.2, 0.25) is 0 Å². The number of carbonyl (C=O) groups excluding carboxylic acids is 3. The topological polar surface area (TPSA) is 101 Å². The molecule has 0 aliphatic heterocycles. The highest BCUT2D eigenvalue weighted by Crippen LogP contribution is 2.31. The molecule has 1 heterocycles. The summed E-state index contributed by atoms with van der Waals surface area (Å²) in [5, 5.41) is 6.27. The summed E-state index contributed by atoms with van der Waals surface area (Å²) in [4.78, 5) is 44.6. The van der Waals surface area contributed by atoms with Crippen LogP contribution >= 0.6 is 11.3 Å². The number of rotatable bonds is 8. The number of amides is 3. The van der Waals surface area contributed by atoms with E-state index in [-0.39, 0.29) is 36.4 Å². The van der Waals surface area contributed by atoms with Crippen LogP contribution in [-0.4, -0.2) is 46.5 Å². The van der Waals surface area contributed by atoms with Gasteiger partial charge >= 0.3 is 12.0 Å². The maximum absolute atomic E-state index is 13.4. The maximum atomic E-state index is 13.4. The smallest absolute Gasteiger partial charge is 0.324 e. The van der Waals surface area contributed by atoms with E-state index >= 15 is 0 Å². The summed E-state index contributed by atoms with van der Waals surface area (Å²) in [6.45, 7) is 2.12. The molecule has 2 aliphatic rings. The highest BCUT2D eigenvalue weighted by molar-refractivity contribution is 7.17. The fraction of sp³-hybridized carbons (Fsp3) is 0.556. The van der Waals surface area contributed by atoms with E-state index in [0.29, 0.717) is 22.3 Å². The number of benzene rings is 1. The molecule has 36 heavy (non-hydrogen) atoms. The second-order valence-corrected chi connectivity index (χ2v) is 10.6. The van der Waals surface area contributed by atoms with E-state index in [1.807, 2.05) is 0 Å². The van der Waals surface area contributed by atoms with Crippen molar-refractivity contribution in [3.05, 3.63) is 40.9 Å². The SMILES string of the molecule is CCOC(=O)Cc1ccc(NC(=O)c2cnc(NC(=O)N(C3CCCCC3)C3CCCCC3)s2)cc1. The summed E-state index contributed by atoms with van der Waals surface area (Å²) < 4.78 is 4.96. The Bertz CT molecular complexity index is 1010. The van der Waals surface area contributed by atoms with Crippen molar-refractivity contribution in [2.75, 3.05) is 17.2 Å². The van der Waals surface area contributed by atoms with Gasteiger partial charge in [0.25, 0.3) is 5.91 Å². The van der Waals surface area contributed by atoms with Gasteiger partial charge in [0, 0.05) is 17.8 Å². The Morgan fingerprint density at radius 1 is 0.944 bits per heavy atom. The molecule has 0 atom stereocenters. The average Bonchev–Trinajstić information content (AvgIpc) is 3.35. The molecule has 2 aromatic rings. The normalized spacial score (nSPS) is 16.8. The number of hydrogen-bond donors (Lipinski definition) is 2. The lowest BCUT2D eigenvalue weighted by Crippen LogP contribution is -2.50. The van der Waals surface area contributed by atoms with Crippen molar-refractivity contribution in [2.45, 2.75) is 89.6 Å². The Labute approximate surface area is 216 Å². The lowest BCUT2D eigenvalue weighted by molar-refractivity contribution is -0.142. The summed E-state index contributed by atoms with van der Waals surface area (Å²) in [7, 11) is 0. The monoisotopic (exact) mass is 512 g/mol. The van der Waals surface area contributed by atoms with Gasteiger partial charge in [-0.15, -0.1) is 0 Å². The number of urea groups is 1. The first-order valence-corrected chi connectivity index (χ1v) is 14.0. The lowest BCUT2D eigenvalue weighted by Gasteiger charge is -2.41. The lowest BCUT2D eigenvalue weighted by atomic mass is 9.89. The van der Waals surface area contributed by atoms with Crippen LogP contribution < -0.4 is 10.6 Å². The van der Waals surface area contributed by atoms with Crippen molar-refractivity contribution >= 4 is 40.1 Å². The molecular weight excluding hydrogens is 476 g/mol. The highest BCUT2D eigenvalue weighted by atomic mass is 32.1. The molecule has 8 nitrogen and oxygen atoms in total. The van der Waals surface area contributed by atoms with Gasteiger partial charge in [-0.2, -0.15) is 0 Å². The summed E-state index contributed by atoms with van der Waals surface area (Å²) in [5.41, 5.74) is 1.43. The van der Waals surface area contributed by atoms with Crippen molar-refractivity contribution < 1.29 is 19.1 Å². The molecule has 2 saturated carbocycles. The van der Waals surface area contributed by atoms with E-state index in [1.165, 1.54) is 56.1 Å². The Hall–Kier alpha value is -2.94. The second kappa shape index (κ2) is 12.9. The van der Waals surface area contributed by atoms with Crippen molar-refractivity contribution in [1.82, 2.24) is 9.88 Å². The maximum Gasteiger partial charge on any atom is 0.324 e. The highest BCUT2D eigenvalue weighted by Gasteiger charge is 2.33. The van der Waals surface area contributed by atoms with Crippen LogP contribution in [-0.2, 0) is 16.0 Å². The third kappa shape index (κ3) is 7.06. The van der Waals surface area contributed by atoms with Crippen LogP contribution in [0.1, 0.15) is 86.4 Å². The Balaban J connectivity index is 1.35. The van der Waals surface area contributed by atoms with E-state index in [2.05, 4.69) is 20.5 Å². The van der Waals surface area contributed by atoms with Crippen molar-refractivity contribution in [2.24, 2.45) is 0 Å². The predicted molar refractivity (Wildman–Crippen MR) is 141 cm³/mol. The van der Waals surface area contributed by atoms with Crippen LogP contribution in [0.3, 0.4) is 0 Å². The molecule has 2 fully saturated rings. The van der Waals surface area contributed by atoms with Gasteiger partial charge < -0.3 is 15.0 Å². The first kappa shape index (κ1) is 26.1. The number of ether oxygens (including phenoxy) is 1. The number of nitrogens with zero attached hydrogens (tertiary/aromatic N) is 2. The first-order chi connectivity index (χ1) is 17.5. The fourth-order valence-electron chi connectivity index (χ4n) is 5.22. The van der Waals surface area contributed by atoms with Crippen molar-refractivity contribution in [1.29, 1.82) is 0 Å². The summed E-state index contributed by atoms with van der Waals surface area (Å²) in [5.74, 6) is -0.568. The van der Waals surface area contributed by atoms with Crippen molar-refractivity contribution in [3.63, 3.8) is 0 Å². The number of carbonyl (C=O) groups is 3. The number of thiazole rings is 1. The number of anilines is 2. The van der Waals surface area contributed by atoms with Gasteiger partial charge in [0.1, 0.15) is 4.88 Å². The first-order valence-electron chi connectivity index (χ1n) is 13.1. The summed E-state index contributed by atoms with van der Waals surface area (Å²) in [6.07, 6.45) is 13.1. The Kier molecular flexibility index (Phi) is 9.33. The zero-order valence-electron chi connectivity index (χ0n) is 21.0. The predicted octanol–water partition coefficient (Wildman–Crippen LogP) is 6.00. The second-order valence-electron chi connectivity index (χ2n) is 9.58. The van der Waals surface area contributed by atoms with Gasteiger partial charge in [-0.3, -0.25) is 14.9 Å². The Morgan fingerprint density at radius 3 is 2.14 bits per heavy atom. The summed E-state index contributed by atoms with van der Waals surface area (Å²) >= 11 is 1.17. The van der Waals surface area contributed by atoms with E-state index in [9.17, 15) is 14.4 Å². The molecule has 1 aromatic carbocycles. The minimum atomic E-state index is -0.289. The van der Waals surface area contributed by atoms with Crippen molar-refractivity contribution in [3.8, 4) is 0 Å². The van der Waals surface area contributed by atoms with Gasteiger partial charge in [0.05, 0.1) is 19.2 Å². The molecule has 2 N–H and O–H groups in total. The number of nitrogens with one attached hydrogen (secondary N) is 2. The standard InChI is InChI=1S/C27H36N4O4S/c1-2-35-24(32)17-19-13-15-20(16-14-19)29-25(33)23-18-28-26(36-23)30-27(34)31(21-9-5-3-6-10-21)22-11-7-4-8-12-22/h13-16,18,21-22H,2-12,17H2,1H3,(H,29,33)(H,28,30,34). The summed E-state index contributed by atoms with van der Waals surface area (Å²) in [6, 6.07) is 7.57. The molecule has 9 heteroatoms. The third-order valence-corrected chi connectivity index (χ3v) is 7.89. The molecule has 194 valence electrons. The third-order valence-electron chi connectivity index (χ3n) is 6.98. The van der Waals surface area contributed by atoms with E-state index in [1.54, 1.807) is 31.2 Å². The van der Waals surface area contributed by atoms with Crippen LogP contribution in [0.15, 0.2) is 30.5 Å². The van der Waals surface area contributed by atoms with Crippen LogP contribution in [0, 0.1) is 0 Å². The van der Waals surface area contributed by atoms with Crippen LogP contribution in [0.25, 0.3) is 0 Å². The molecule has 0 bridgehead atoms. The largest absolute Gasteiger partial charge is 0.466 e. The molecular formula is C27H36N4O4S. The van der Waals surface area contributed by atoms with E-state index in [0.717, 1.165) is 31.2 Å². The fourth-order valence-corrected chi connectivity index (χ4v) is 5.92. The van der Waals surface area contributed by atoms with Gasteiger partial charge in [-0.25, -0.2) is 9.78 Å². The molecule has 1 aromatic heterocycles. The minimum Gasteiger partial charge on any atom is -0.466 e. The zero-order valence-corrected chi connectivity index (χ0v) is 21.8. The minimum absolute atomic E-state index is 0.0905. The van der Waals surface area contributed by atoms with Gasteiger partial charge in [-0.1, -0.05) is 62.0 Å². The number of esters is 1. The van der Waals surface area contributed by atoms with Crippen LogP contribution in [0.4, 0.5) is 15.6 Å². The molecule has 0 spiro atoms. The van der Waals surface area contributed by atoms with Gasteiger partial charge in [-0.05, 0) is 50.3 Å². The molecule has 0 saturated heterocycles. The van der Waals surface area contributed by atoms with Gasteiger partial charge in [0.2, 0.25) is 0 Å².